The third kappa shape index (κ3) is 3.14. The Balaban J connectivity index is 1.65. The van der Waals surface area contributed by atoms with Crippen LogP contribution >= 0.6 is 0 Å². The van der Waals surface area contributed by atoms with Crippen LogP contribution in [0.15, 0.2) is 30.5 Å². The van der Waals surface area contributed by atoms with E-state index >= 15 is 0 Å². The Kier molecular flexibility index (Phi) is 4.74. The summed E-state index contributed by atoms with van der Waals surface area (Å²) in [5.41, 5.74) is 3.12. The molecule has 2 aliphatic rings. The molecule has 34 heavy (non-hydrogen) atoms. The zero-order chi connectivity index (χ0) is 23.6. The SMILES string of the molecule is Cc1cc(-n2c(C3CCOCC3)c([C@H]3C[C@](F)(C(=O)O)C3)c3nc4[nH]ncc4cc32)ccc1F. The first-order valence-corrected chi connectivity index (χ1v) is 11.5. The molecule has 3 aromatic heterocycles. The molecule has 7 nitrogen and oxygen atoms in total. The summed E-state index contributed by atoms with van der Waals surface area (Å²) in [5.74, 6) is -1.86. The highest BCUT2D eigenvalue weighted by molar-refractivity contribution is 5.94. The standard InChI is InChI=1S/C25H24F2N4O3/c1-13-8-17(2-3-18(13)26)31-19-9-15-12-28-30-23(15)29-21(19)20(16-10-25(27,11-16)24(32)33)22(31)14-4-6-34-7-5-14/h2-3,8-9,12,14,16H,4-7,10-11H2,1H3,(H,32,33)(H,28,29,30)/t16-,25+. The van der Waals surface area contributed by atoms with Crippen molar-refractivity contribution in [2.24, 2.45) is 0 Å². The normalized spacial score (nSPS) is 23.4. The van der Waals surface area contributed by atoms with Crippen LogP contribution in [0.5, 0.6) is 0 Å². The monoisotopic (exact) mass is 466 g/mol. The summed E-state index contributed by atoms with van der Waals surface area (Å²) in [6.07, 6.45) is 3.08. The number of hydrogen-bond acceptors (Lipinski definition) is 4. The van der Waals surface area contributed by atoms with Gasteiger partial charge in [-0.25, -0.2) is 18.6 Å². The molecule has 0 unspecified atom stereocenters. The van der Waals surface area contributed by atoms with Crippen LogP contribution in [-0.4, -0.2) is 49.7 Å². The van der Waals surface area contributed by atoms with Crippen molar-refractivity contribution < 1.29 is 23.4 Å². The molecule has 0 amide bonds. The quantitative estimate of drug-likeness (QED) is 0.446. The highest BCUT2D eigenvalue weighted by Crippen LogP contribution is 2.53. The number of H-pyrrole nitrogens is 1. The van der Waals surface area contributed by atoms with Crippen LogP contribution in [0, 0.1) is 12.7 Å². The van der Waals surface area contributed by atoms with Crippen LogP contribution in [0.2, 0.25) is 0 Å². The topological polar surface area (TPSA) is 93.0 Å². The lowest BCUT2D eigenvalue weighted by Crippen LogP contribution is -2.45. The number of carboxylic acid groups (broad SMARTS) is 1. The van der Waals surface area contributed by atoms with Gasteiger partial charge in [0.25, 0.3) is 0 Å². The molecule has 176 valence electrons. The Morgan fingerprint density at radius 1 is 1.24 bits per heavy atom. The average Bonchev–Trinajstić information content (AvgIpc) is 3.39. The van der Waals surface area contributed by atoms with Gasteiger partial charge in [-0.3, -0.25) is 5.10 Å². The lowest BCUT2D eigenvalue weighted by Gasteiger charge is -2.39. The lowest BCUT2D eigenvalue weighted by atomic mass is 9.68. The average molecular weight is 466 g/mol. The number of halogens is 2. The molecule has 6 rings (SSSR count). The van der Waals surface area contributed by atoms with Crippen molar-refractivity contribution >= 4 is 28.0 Å². The van der Waals surface area contributed by atoms with Crippen molar-refractivity contribution in [3.05, 3.63) is 53.1 Å². The highest BCUT2D eigenvalue weighted by Gasteiger charge is 2.53. The summed E-state index contributed by atoms with van der Waals surface area (Å²) in [6, 6.07) is 6.99. The number of aromatic amines is 1. The summed E-state index contributed by atoms with van der Waals surface area (Å²) in [4.78, 5) is 16.4. The van der Waals surface area contributed by atoms with E-state index in [-0.39, 0.29) is 30.5 Å². The maximum absolute atomic E-state index is 14.9. The Labute approximate surface area is 193 Å². The van der Waals surface area contributed by atoms with Gasteiger partial charge in [0, 0.05) is 41.5 Å². The summed E-state index contributed by atoms with van der Waals surface area (Å²) in [5, 5.41) is 17.2. The van der Waals surface area contributed by atoms with E-state index < -0.39 is 11.6 Å². The summed E-state index contributed by atoms with van der Waals surface area (Å²) in [7, 11) is 0. The molecular formula is C25H24F2N4O3. The fraction of sp³-hybridized carbons (Fsp3) is 0.400. The van der Waals surface area contributed by atoms with E-state index in [4.69, 9.17) is 9.72 Å². The predicted octanol–water partition coefficient (Wildman–Crippen LogP) is 4.91. The Bertz CT molecular complexity index is 1430. The molecule has 1 aliphatic heterocycles. The number of benzene rings is 1. The van der Waals surface area contributed by atoms with E-state index in [0.29, 0.717) is 29.9 Å². The largest absolute Gasteiger partial charge is 0.479 e. The molecule has 1 saturated carbocycles. The molecule has 4 heterocycles. The van der Waals surface area contributed by atoms with Crippen molar-refractivity contribution in [1.29, 1.82) is 0 Å². The number of ether oxygens (including phenoxy) is 1. The molecular weight excluding hydrogens is 442 g/mol. The van der Waals surface area contributed by atoms with Gasteiger partial charge in [-0.05, 0) is 68.4 Å². The molecule has 0 radical (unpaired) electrons. The number of carbonyl (C=O) groups is 1. The molecule has 1 aliphatic carbocycles. The number of pyridine rings is 1. The number of aromatic nitrogens is 4. The summed E-state index contributed by atoms with van der Waals surface area (Å²) < 4.78 is 36.7. The lowest BCUT2D eigenvalue weighted by molar-refractivity contribution is -0.158. The van der Waals surface area contributed by atoms with Gasteiger partial charge >= 0.3 is 5.97 Å². The Morgan fingerprint density at radius 3 is 2.71 bits per heavy atom. The fourth-order valence-corrected chi connectivity index (χ4v) is 5.53. The van der Waals surface area contributed by atoms with Gasteiger partial charge in [0.2, 0.25) is 5.67 Å². The van der Waals surface area contributed by atoms with E-state index in [2.05, 4.69) is 14.8 Å². The smallest absolute Gasteiger partial charge is 0.341 e. The second-order valence-electron chi connectivity index (χ2n) is 9.49. The fourth-order valence-electron chi connectivity index (χ4n) is 5.53. The molecule has 1 saturated heterocycles. The number of nitrogens with one attached hydrogen (secondary N) is 1. The molecule has 9 heteroatoms. The molecule has 0 bridgehead atoms. The van der Waals surface area contributed by atoms with E-state index in [9.17, 15) is 18.7 Å². The number of aryl methyl sites for hydroxylation is 1. The molecule has 1 aromatic carbocycles. The number of alkyl halides is 1. The first kappa shape index (κ1) is 21.2. The minimum absolute atomic E-state index is 0.0944. The zero-order valence-corrected chi connectivity index (χ0v) is 18.6. The van der Waals surface area contributed by atoms with Gasteiger partial charge in [0.15, 0.2) is 5.65 Å². The molecule has 0 spiro atoms. The van der Waals surface area contributed by atoms with E-state index in [1.807, 2.05) is 6.07 Å². The van der Waals surface area contributed by atoms with Crippen LogP contribution in [-0.2, 0) is 9.53 Å². The second-order valence-corrected chi connectivity index (χ2v) is 9.49. The Morgan fingerprint density at radius 2 is 2.00 bits per heavy atom. The number of nitrogens with zero attached hydrogens (tertiary/aromatic N) is 3. The molecule has 4 aromatic rings. The van der Waals surface area contributed by atoms with Gasteiger partial charge in [0.05, 0.1) is 17.2 Å². The van der Waals surface area contributed by atoms with Crippen molar-refractivity contribution in [3.8, 4) is 5.69 Å². The zero-order valence-electron chi connectivity index (χ0n) is 18.6. The van der Waals surface area contributed by atoms with Crippen LogP contribution < -0.4 is 0 Å². The molecule has 2 fully saturated rings. The number of rotatable bonds is 4. The maximum atomic E-state index is 14.9. The van der Waals surface area contributed by atoms with Crippen molar-refractivity contribution in [3.63, 3.8) is 0 Å². The van der Waals surface area contributed by atoms with Crippen LogP contribution in [0.4, 0.5) is 8.78 Å². The summed E-state index contributed by atoms with van der Waals surface area (Å²) in [6.45, 7) is 2.94. The minimum Gasteiger partial charge on any atom is -0.479 e. The van der Waals surface area contributed by atoms with Gasteiger partial charge in [-0.1, -0.05) is 0 Å². The predicted molar refractivity (Wildman–Crippen MR) is 122 cm³/mol. The summed E-state index contributed by atoms with van der Waals surface area (Å²) >= 11 is 0. The third-order valence-electron chi connectivity index (χ3n) is 7.36. The van der Waals surface area contributed by atoms with Crippen molar-refractivity contribution in [2.45, 2.75) is 50.1 Å². The number of fused-ring (bicyclic) bond motifs is 2. The van der Waals surface area contributed by atoms with E-state index in [1.165, 1.54) is 6.07 Å². The second kappa shape index (κ2) is 7.59. The van der Waals surface area contributed by atoms with Gasteiger partial charge in [-0.15, -0.1) is 0 Å². The van der Waals surface area contributed by atoms with Crippen molar-refractivity contribution in [1.82, 2.24) is 19.7 Å². The maximum Gasteiger partial charge on any atom is 0.341 e. The van der Waals surface area contributed by atoms with Crippen LogP contribution in [0.1, 0.15) is 54.3 Å². The first-order valence-electron chi connectivity index (χ1n) is 11.5. The molecule has 2 N–H and O–H groups in total. The Hall–Kier alpha value is -3.33. The van der Waals surface area contributed by atoms with Crippen LogP contribution in [0.3, 0.4) is 0 Å². The third-order valence-corrected chi connectivity index (χ3v) is 7.36. The van der Waals surface area contributed by atoms with Gasteiger partial charge in [-0.2, -0.15) is 5.10 Å². The minimum atomic E-state index is -2.23. The van der Waals surface area contributed by atoms with E-state index in [0.717, 1.165) is 40.7 Å². The number of aliphatic carboxylic acids is 1. The number of carboxylic acids is 1. The van der Waals surface area contributed by atoms with Crippen LogP contribution in [0.25, 0.3) is 27.8 Å². The van der Waals surface area contributed by atoms with Crippen molar-refractivity contribution in [2.75, 3.05) is 13.2 Å². The van der Waals surface area contributed by atoms with E-state index in [1.54, 1.807) is 25.3 Å². The van der Waals surface area contributed by atoms with Gasteiger partial charge < -0.3 is 14.4 Å². The first-order chi connectivity index (χ1) is 16.4. The number of hydrogen-bond donors (Lipinski definition) is 2. The highest BCUT2D eigenvalue weighted by atomic mass is 19.1. The molecule has 0 atom stereocenters. The van der Waals surface area contributed by atoms with Gasteiger partial charge in [0.1, 0.15) is 5.82 Å².